The van der Waals surface area contributed by atoms with Gasteiger partial charge in [-0.3, -0.25) is 20.4 Å². The Morgan fingerprint density at radius 2 is 1.96 bits per heavy atom. The molecule has 2 rings (SSSR count). The van der Waals surface area contributed by atoms with Crippen molar-refractivity contribution < 1.29 is 19.4 Å². The molecule has 7 heteroatoms. The first-order valence-electron chi connectivity index (χ1n) is 6.73. The minimum Gasteiger partial charge on any atom is -0.508 e. The zero-order valence-corrected chi connectivity index (χ0v) is 13.9. The Balaban J connectivity index is 1.82. The Morgan fingerprint density at radius 3 is 2.65 bits per heavy atom. The third kappa shape index (κ3) is 5.00. The molecule has 0 fully saturated rings. The molecule has 0 bridgehead atoms. The van der Waals surface area contributed by atoms with E-state index in [1.807, 2.05) is 19.1 Å². The Labute approximate surface area is 141 Å². The number of carbonyl (C=O) groups excluding carboxylic acids is 2. The van der Waals surface area contributed by atoms with Crippen LogP contribution in [-0.2, 0) is 4.79 Å². The first-order valence-corrected chi connectivity index (χ1v) is 7.52. The highest BCUT2D eigenvalue weighted by Crippen LogP contribution is 2.25. The van der Waals surface area contributed by atoms with Crippen LogP contribution in [0.25, 0.3) is 0 Å². The van der Waals surface area contributed by atoms with Crippen LogP contribution in [0.1, 0.15) is 15.9 Å². The molecule has 0 atom stereocenters. The van der Waals surface area contributed by atoms with Crippen LogP contribution in [0, 0.1) is 6.92 Å². The molecular weight excluding hydrogens is 364 g/mol. The summed E-state index contributed by atoms with van der Waals surface area (Å²) < 4.78 is 6.11. The van der Waals surface area contributed by atoms with Gasteiger partial charge < -0.3 is 9.84 Å². The number of nitrogens with one attached hydrogen (secondary N) is 2. The molecule has 6 nitrogen and oxygen atoms in total. The summed E-state index contributed by atoms with van der Waals surface area (Å²) in [5.74, 6) is -0.543. The summed E-state index contributed by atoms with van der Waals surface area (Å²) in [5, 5.41) is 9.30. The van der Waals surface area contributed by atoms with Gasteiger partial charge in [-0.05, 0) is 58.7 Å². The van der Waals surface area contributed by atoms with Gasteiger partial charge in [-0.15, -0.1) is 0 Å². The van der Waals surface area contributed by atoms with Gasteiger partial charge in [0.25, 0.3) is 11.8 Å². The van der Waals surface area contributed by atoms with Crippen molar-refractivity contribution in [3.8, 4) is 11.5 Å². The van der Waals surface area contributed by atoms with Crippen molar-refractivity contribution in [3.05, 3.63) is 58.1 Å². The SMILES string of the molecule is Cc1ccc(OCC(=O)NNC(=O)c2cccc(O)c2)c(Br)c1. The molecule has 2 aromatic carbocycles. The second-order valence-electron chi connectivity index (χ2n) is 4.78. The van der Waals surface area contributed by atoms with Crippen LogP contribution >= 0.6 is 15.9 Å². The Morgan fingerprint density at radius 1 is 1.17 bits per heavy atom. The quantitative estimate of drug-likeness (QED) is 0.712. The Kier molecular flexibility index (Phi) is 5.59. The van der Waals surface area contributed by atoms with Gasteiger partial charge in [0.1, 0.15) is 11.5 Å². The molecule has 3 N–H and O–H groups in total. The predicted molar refractivity (Wildman–Crippen MR) is 88.1 cm³/mol. The molecule has 0 aliphatic carbocycles. The van der Waals surface area contributed by atoms with Gasteiger partial charge in [-0.1, -0.05) is 12.1 Å². The molecule has 0 saturated carbocycles. The van der Waals surface area contributed by atoms with E-state index in [9.17, 15) is 14.7 Å². The van der Waals surface area contributed by atoms with Crippen LogP contribution in [-0.4, -0.2) is 23.5 Å². The van der Waals surface area contributed by atoms with Gasteiger partial charge in [-0.2, -0.15) is 0 Å². The fraction of sp³-hybridized carbons (Fsp3) is 0.125. The second kappa shape index (κ2) is 7.64. The number of aromatic hydroxyl groups is 1. The number of amides is 2. The van der Waals surface area contributed by atoms with E-state index in [0.717, 1.165) is 10.0 Å². The highest BCUT2D eigenvalue weighted by Gasteiger charge is 2.09. The van der Waals surface area contributed by atoms with E-state index >= 15 is 0 Å². The highest BCUT2D eigenvalue weighted by molar-refractivity contribution is 9.10. The van der Waals surface area contributed by atoms with Gasteiger partial charge in [0, 0.05) is 5.56 Å². The second-order valence-corrected chi connectivity index (χ2v) is 5.63. The van der Waals surface area contributed by atoms with E-state index in [0.29, 0.717) is 5.75 Å². The summed E-state index contributed by atoms with van der Waals surface area (Å²) in [6, 6.07) is 11.3. The minimum absolute atomic E-state index is 0.0310. The number of phenols is 1. The number of hydrazine groups is 1. The van der Waals surface area contributed by atoms with Gasteiger partial charge >= 0.3 is 0 Å². The number of hydrogen-bond acceptors (Lipinski definition) is 4. The summed E-state index contributed by atoms with van der Waals surface area (Å²) in [4.78, 5) is 23.5. The van der Waals surface area contributed by atoms with Gasteiger partial charge in [0.2, 0.25) is 0 Å². The normalized spacial score (nSPS) is 10.0. The van der Waals surface area contributed by atoms with E-state index < -0.39 is 11.8 Å². The molecule has 120 valence electrons. The van der Waals surface area contributed by atoms with E-state index in [2.05, 4.69) is 26.8 Å². The lowest BCUT2D eigenvalue weighted by Crippen LogP contribution is -2.43. The predicted octanol–water partition coefficient (Wildman–Crippen LogP) is 2.30. The molecule has 2 aromatic rings. The highest BCUT2D eigenvalue weighted by atomic mass is 79.9. The molecule has 0 radical (unpaired) electrons. The minimum atomic E-state index is -0.536. The van der Waals surface area contributed by atoms with Crippen LogP contribution in [0.2, 0.25) is 0 Å². The zero-order chi connectivity index (χ0) is 16.8. The average molecular weight is 379 g/mol. The van der Waals surface area contributed by atoms with Crippen molar-refractivity contribution in [3.63, 3.8) is 0 Å². The lowest BCUT2D eigenvalue weighted by molar-refractivity contribution is -0.123. The summed E-state index contributed by atoms with van der Waals surface area (Å²) in [7, 11) is 0. The number of benzene rings is 2. The molecular formula is C16H15BrN2O4. The number of ether oxygens (including phenoxy) is 1. The van der Waals surface area contributed by atoms with Gasteiger partial charge in [0.05, 0.1) is 4.47 Å². The number of aryl methyl sites for hydroxylation is 1. The largest absolute Gasteiger partial charge is 0.508 e. The van der Waals surface area contributed by atoms with Crippen molar-refractivity contribution in [2.45, 2.75) is 6.92 Å². The lowest BCUT2D eigenvalue weighted by atomic mass is 10.2. The van der Waals surface area contributed by atoms with Crippen LogP contribution in [0.5, 0.6) is 11.5 Å². The van der Waals surface area contributed by atoms with E-state index in [1.54, 1.807) is 6.07 Å². The van der Waals surface area contributed by atoms with Crippen molar-refractivity contribution in [1.82, 2.24) is 10.9 Å². The molecule has 0 spiro atoms. The maximum Gasteiger partial charge on any atom is 0.276 e. The third-order valence-electron chi connectivity index (χ3n) is 2.87. The number of halogens is 1. The summed E-state index contributed by atoms with van der Waals surface area (Å²) in [6.07, 6.45) is 0. The molecule has 0 saturated heterocycles. The fourth-order valence-electron chi connectivity index (χ4n) is 1.75. The number of hydrogen-bond donors (Lipinski definition) is 3. The molecule has 0 aromatic heterocycles. The topological polar surface area (TPSA) is 87.7 Å². The lowest BCUT2D eigenvalue weighted by Gasteiger charge is -2.10. The summed E-state index contributed by atoms with van der Waals surface area (Å²) >= 11 is 3.35. The summed E-state index contributed by atoms with van der Waals surface area (Å²) in [6.45, 7) is 1.69. The smallest absolute Gasteiger partial charge is 0.276 e. The van der Waals surface area contributed by atoms with E-state index in [4.69, 9.17) is 4.74 Å². The van der Waals surface area contributed by atoms with Crippen molar-refractivity contribution >= 4 is 27.7 Å². The number of phenolic OH excluding ortho intramolecular Hbond substituents is 1. The molecule has 0 unspecified atom stereocenters. The van der Waals surface area contributed by atoms with E-state index in [1.165, 1.54) is 24.3 Å². The van der Waals surface area contributed by atoms with E-state index in [-0.39, 0.29) is 17.9 Å². The van der Waals surface area contributed by atoms with Crippen molar-refractivity contribution in [2.24, 2.45) is 0 Å². The molecule has 23 heavy (non-hydrogen) atoms. The third-order valence-corrected chi connectivity index (χ3v) is 3.49. The van der Waals surface area contributed by atoms with Crippen LogP contribution in [0.4, 0.5) is 0 Å². The van der Waals surface area contributed by atoms with Crippen LogP contribution in [0.3, 0.4) is 0 Å². The fourth-order valence-corrected chi connectivity index (χ4v) is 2.36. The standard InChI is InChI=1S/C16H15BrN2O4/c1-10-5-6-14(13(17)7-10)23-9-15(21)18-19-16(22)11-3-2-4-12(20)8-11/h2-8,20H,9H2,1H3,(H,18,21)(H,19,22). The first kappa shape index (κ1) is 16.8. The van der Waals surface area contributed by atoms with Crippen molar-refractivity contribution in [2.75, 3.05) is 6.61 Å². The Hall–Kier alpha value is -2.54. The first-order chi connectivity index (χ1) is 11.0. The monoisotopic (exact) mass is 378 g/mol. The van der Waals surface area contributed by atoms with Gasteiger partial charge in [-0.25, -0.2) is 0 Å². The van der Waals surface area contributed by atoms with Crippen molar-refractivity contribution in [1.29, 1.82) is 0 Å². The molecule has 0 aliphatic heterocycles. The maximum absolute atomic E-state index is 11.8. The molecule has 0 heterocycles. The zero-order valence-electron chi connectivity index (χ0n) is 12.3. The molecule has 2 amide bonds. The summed E-state index contributed by atoms with van der Waals surface area (Å²) in [5.41, 5.74) is 5.78. The van der Waals surface area contributed by atoms with Crippen LogP contribution < -0.4 is 15.6 Å². The number of carbonyl (C=O) groups is 2. The molecule has 0 aliphatic rings. The number of rotatable bonds is 4. The average Bonchev–Trinajstić information content (AvgIpc) is 2.51. The Bertz CT molecular complexity index is 734. The van der Waals surface area contributed by atoms with Crippen LogP contribution in [0.15, 0.2) is 46.9 Å². The maximum atomic E-state index is 11.8. The van der Waals surface area contributed by atoms with Gasteiger partial charge in [0.15, 0.2) is 6.61 Å².